The number of nitrogens with two attached hydrogens (primary N) is 1. The van der Waals surface area contributed by atoms with E-state index >= 15 is 0 Å². The van der Waals surface area contributed by atoms with Gasteiger partial charge in [-0.2, -0.15) is 0 Å². The summed E-state index contributed by atoms with van der Waals surface area (Å²) in [5.41, 5.74) is 7.13. The number of aryl methyl sites for hydroxylation is 2. The molecule has 24 heavy (non-hydrogen) atoms. The fourth-order valence-electron chi connectivity index (χ4n) is 4.25. The molecule has 124 valence electrons. The Labute approximate surface area is 144 Å². The molecular formula is C22H27N2+. The van der Waals surface area contributed by atoms with E-state index in [1.807, 2.05) is 0 Å². The fourth-order valence-corrected chi connectivity index (χ4v) is 4.25. The molecule has 0 unspecified atom stereocenters. The van der Waals surface area contributed by atoms with Crippen LogP contribution in [0.5, 0.6) is 0 Å². The molecule has 0 spiro atoms. The van der Waals surface area contributed by atoms with Gasteiger partial charge in [0.2, 0.25) is 0 Å². The van der Waals surface area contributed by atoms with E-state index in [0.717, 1.165) is 6.42 Å². The smallest absolute Gasteiger partial charge is 0.127 e. The molecular weight excluding hydrogens is 292 g/mol. The highest BCUT2D eigenvalue weighted by atomic mass is 15.0. The van der Waals surface area contributed by atoms with E-state index in [1.165, 1.54) is 47.0 Å². The van der Waals surface area contributed by atoms with Gasteiger partial charge in [0.05, 0.1) is 11.7 Å². The Morgan fingerprint density at radius 1 is 1.17 bits per heavy atom. The molecule has 0 saturated carbocycles. The lowest BCUT2D eigenvalue weighted by Crippen LogP contribution is -2.90. The van der Waals surface area contributed by atoms with Crippen molar-refractivity contribution in [2.45, 2.75) is 51.6 Å². The first kappa shape index (κ1) is 15.5. The maximum atomic E-state index is 3.73. The van der Waals surface area contributed by atoms with E-state index in [1.54, 1.807) is 5.56 Å². The van der Waals surface area contributed by atoms with Gasteiger partial charge in [0, 0.05) is 23.7 Å². The summed E-state index contributed by atoms with van der Waals surface area (Å²) >= 11 is 0. The summed E-state index contributed by atoms with van der Waals surface area (Å²) in [6, 6.07) is 18.8. The van der Waals surface area contributed by atoms with Crippen molar-refractivity contribution in [3.63, 3.8) is 0 Å². The second-order valence-corrected chi connectivity index (χ2v) is 7.42. The summed E-state index contributed by atoms with van der Waals surface area (Å²) in [6.45, 7) is 4.54. The Morgan fingerprint density at radius 3 is 2.83 bits per heavy atom. The third kappa shape index (κ3) is 2.99. The summed E-state index contributed by atoms with van der Waals surface area (Å²) in [5.74, 6) is 0. The molecule has 1 aliphatic rings. The third-order valence-electron chi connectivity index (χ3n) is 5.37. The zero-order chi connectivity index (χ0) is 16.5. The standard InChI is InChI=1S/C22H26N2/c1-15-11-12-20-19(13-15)18-9-6-10-21(22(18)24-20)23-16(2)14-17-7-4-3-5-8-17/h3-5,7-8,11-13,16,21,23-24H,6,9-10,14H2,1-2H3/p+1/t16-,21-/m0/s1. The monoisotopic (exact) mass is 319 g/mol. The zero-order valence-electron chi connectivity index (χ0n) is 14.7. The number of benzene rings is 2. The normalized spacial score (nSPS) is 18.5. The predicted molar refractivity (Wildman–Crippen MR) is 100 cm³/mol. The maximum Gasteiger partial charge on any atom is 0.127 e. The van der Waals surface area contributed by atoms with Gasteiger partial charge in [0.1, 0.15) is 6.04 Å². The van der Waals surface area contributed by atoms with E-state index in [-0.39, 0.29) is 0 Å². The van der Waals surface area contributed by atoms with Crippen molar-refractivity contribution < 1.29 is 5.32 Å². The highest BCUT2D eigenvalue weighted by Gasteiger charge is 2.28. The first-order valence-electron chi connectivity index (χ1n) is 9.21. The van der Waals surface area contributed by atoms with Gasteiger partial charge in [-0.3, -0.25) is 0 Å². The Hall–Kier alpha value is -2.06. The van der Waals surface area contributed by atoms with E-state index in [2.05, 4.69) is 72.7 Å². The summed E-state index contributed by atoms with van der Waals surface area (Å²) in [6.07, 6.45) is 4.92. The van der Waals surface area contributed by atoms with Crippen LogP contribution in [-0.4, -0.2) is 11.0 Å². The molecule has 0 amide bonds. The van der Waals surface area contributed by atoms with Crippen molar-refractivity contribution in [1.29, 1.82) is 0 Å². The Morgan fingerprint density at radius 2 is 2.00 bits per heavy atom. The number of rotatable bonds is 4. The van der Waals surface area contributed by atoms with Crippen LogP contribution >= 0.6 is 0 Å². The minimum absolute atomic E-state index is 0.570. The van der Waals surface area contributed by atoms with Crippen molar-refractivity contribution in [1.82, 2.24) is 4.98 Å². The molecule has 3 N–H and O–H groups in total. The number of hydrogen-bond acceptors (Lipinski definition) is 0. The minimum Gasteiger partial charge on any atom is -0.353 e. The SMILES string of the molecule is Cc1ccc2[nH]c3c(c2c1)CCC[C@@H]3[NH2+][C@@H](C)Cc1ccccc1. The number of aromatic nitrogens is 1. The number of hydrogen-bond donors (Lipinski definition) is 2. The highest BCUT2D eigenvalue weighted by Crippen LogP contribution is 2.33. The predicted octanol–water partition coefficient (Wildman–Crippen LogP) is 4.05. The molecule has 0 fully saturated rings. The molecule has 2 atom stereocenters. The van der Waals surface area contributed by atoms with Crippen molar-refractivity contribution in [3.8, 4) is 0 Å². The lowest BCUT2D eigenvalue weighted by atomic mass is 9.90. The fraction of sp³-hybridized carbons (Fsp3) is 0.364. The molecule has 3 aromatic rings. The lowest BCUT2D eigenvalue weighted by Gasteiger charge is -2.24. The molecule has 0 aliphatic heterocycles. The Bertz CT molecular complexity index is 832. The van der Waals surface area contributed by atoms with Crippen LogP contribution in [0.2, 0.25) is 0 Å². The molecule has 4 rings (SSSR count). The van der Waals surface area contributed by atoms with Gasteiger partial charge in [-0.25, -0.2) is 0 Å². The van der Waals surface area contributed by atoms with Crippen LogP contribution in [-0.2, 0) is 12.8 Å². The molecule has 0 radical (unpaired) electrons. The van der Waals surface area contributed by atoms with E-state index in [4.69, 9.17) is 0 Å². The van der Waals surface area contributed by atoms with Crippen molar-refractivity contribution in [2.24, 2.45) is 0 Å². The van der Waals surface area contributed by atoms with Gasteiger partial charge in [-0.1, -0.05) is 42.0 Å². The summed E-state index contributed by atoms with van der Waals surface area (Å²) in [7, 11) is 0. The molecule has 2 aromatic carbocycles. The van der Waals surface area contributed by atoms with E-state index in [9.17, 15) is 0 Å². The van der Waals surface area contributed by atoms with Crippen LogP contribution in [0, 0.1) is 6.92 Å². The van der Waals surface area contributed by atoms with Gasteiger partial charge >= 0.3 is 0 Å². The minimum atomic E-state index is 0.570. The molecule has 2 nitrogen and oxygen atoms in total. The largest absolute Gasteiger partial charge is 0.353 e. The Balaban J connectivity index is 1.56. The first-order chi connectivity index (χ1) is 11.7. The van der Waals surface area contributed by atoms with Gasteiger partial charge < -0.3 is 10.3 Å². The first-order valence-corrected chi connectivity index (χ1v) is 9.21. The second-order valence-electron chi connectivity index (χ2n) is 7.42. The van der Waals surface area contributed by atoms with Crippen LogP contribution < -0.4 is 5.32 Å². The zero-order valence-corrected chi connectivity index (χ0v) is 14.7. The Kier molecular flexibility index (Phi) is 4.15. The van der Waals surface area contributed by atoms with Gasteiger partial charge in [0.15, 0.2) is 0 Å². The van der Waals surface area contributed by atoms with Crippen LogP contribution in [0.4, 0.5) is 0 Å². The van der Waals surface area contributed by atoms with E-state index in [0.29, 0.717) is 12.1 Å². The van der Waals surface area contributed by atoms with Crippen LogP contribution in [0.25, 0.3) is 10.9 Å². The molecule has 1 aliphatic carbocycles. The van der Waals surface area contributed by atoms with Crippen LogP contribution in [0.1, 0.15) is 48.2 Å². The second kappa shape index (κ2) is 6.45. The number of nitrogens with one attached hydrogen (secondary N) is 1. The molecule has 0 saturated heterocycles. The third-order valence-corrected chi connectivity index (χ3v) is 5.37. The maximum absolute atomic E-state index is 3.73. The van der Waals surface area contributed by atoms with E-state index < -0.39 is 0 Å². The average molecular weight is 319 g/mol. The number of aromatic amines is 1. The van der Waals surface area contributed by atoms with Gasteiger partial charge in [-0.15, -0.1) is 0 Å². The lowest BCUT2D eigenvalue weighted by molar-refractivity contribution is -0.726. The number of H-pyrrole nitrogens is 1. The van der Waals surface area contributed by atoms with Crippen molar-refractivity contribution in [2.75, 3.05) is 0 Å². The topological polar surface area (TPSA) is 32.4 Å². The number of fused-ring (bicyclic) bond motifs is 3. The van der Waals surface area contributed by atoms with Crippen molar-refractivity contribution in [3.05, 3.63) is 70.9 Å². The van der Waals surface area contributed by atoms with Crippen LogP contribution in [0.15, 0.2) is 48.5 Å². The van der Waals surface area contributed by atoms with Crippen molar-refractivity contribution >= 4 is 10.9 Å². The molecule has 0 bridgehead atoms. The summed E-state index contributed by atoms with van der Waals surface area (Å²) < 4.78 is 0. The summed E-state index contributed by atoms with van der Waals surface area (Å²) in [4.78, 5) is 3.73. The molecule has 1 aromatic heterocycles. The number of quaternary nitrogens is 1. The van der Waals surface area contributed by atoms with Gasteiger partial charge in [-0.05, 0) is 49.9 Å². The average Bonchev–Trinajstić information content (AvgIpc) is 2.95. The summed E-state index contributed by atoms with van der Waals surface area (Å²) in [5, 5.41) is 4.02. The van der Waals surface area contributed by atoms with Gasteiger partial charge in [0.25, 0.3) is 0 Å². The molecule has 1 heterocycles. The quantitative estimate of drug-likeness (QED) is 0.727. The highest BCUT2D eigenvalue weighted by molar-refractivity contribution is 5.85. The molecule has 2 heteroatoms. The van der Waals surface area contributed by atoms with Crippen LogP contribution in [0.3, 0.4) is 0 Å².